The van der Waals surface area contributed by atoms with Gasteiger partial charge in [0.2, 0.25) is 0 Å². The van der Waals surface area contributed by atoms with E-state index in [9.17, 15) is 14.0 Å². The molecule has 0 aliphatic carbocycles. The number of halogens is 2. The Bertz CT molecular complexity index is 1270. The summed E-state index contributed by atoms with van der Waals surface area (Å²) in [6.07, 6.45) is 0.757. The zero-order chi connectivity index (χ0) is 26.6. The maximum Gasteiger partial charge on any atom is 0.258 e. The monoisotopic (exact) mass is 535 g/mol. The molecule has 2 aliphatic rings. The van der Waals surface area contributed by atoms with Crippen LogP contribution in [-0.2, 0) is 0 Å². The van der Waals surface area contributed by atoms with Crippen molar-refractivity contribution in [2.75, 3.05) is 39.8 Å². The lowest BCUT2D eigenvalue weighted by Crippen LogP contribution is -2.35. The van der Waals surface area contributed by atoms with Crippen molar-refractivity contribution in [1.29, 1.82) is 0 Å². The van der Waals surface area contributed by atoms with Gasteiger partial charge in [-0.1, -0.05) is 54.1 Å². The normalized spacial score (nSPS) is 19.7. The van der Waals surface area contributed by atoms with Gasteiger partial charge in [0.05, 0.1) is 23.7 Å². The minimum Gasteiger partial charge on any atom is -0.497 e. The number of carbonyl (C=O) groups excluding carboxylic acids is 2. The van der Waals surface area contributed by atoms with E-state index in [0.717, 1.165) is 31.6 Å². The van der Waals surface area contributed by atoms with Crippen LogP contribution in [0.4, 0.5) is 4.39 Å². The third kappa shape index (κ3) is 5.69. The van der Waals surface area contributed by atoms with Crippen LogP contribution < -0.4 is 10.1 Å². The summed E-state index contributed by atoms with van der Waals surface area (Å²) in [4.78, 5) is 30.2. The molecule has 0 spiro atoms. The third-order valence-corrected chi connectivity index (χ3v) is 7.91. The molecule has 198 valence electrons. The topological polar surface area (TPSA) is 61.9 Å². The van der Waals surface area contributed by atoms with Gasteiger partial charge in [-0.2, -0.15) is 0 Å². The van der Waals surface area contributed by atoms with E-state index in [2.05, 4.69) is 10.2 Å². The Morgan fingerprint density at radius 3 is 2.39 bits per heavy atom. The Morgan fingerprint density at radius 1 is 1.00 bits per heavy atom. The molecule has 0 bridgehead atoms. The lowest BCUT2D eigenvalue weighted by Gasteiger charge is -2.25. The standard InChI is InChI=1S/C30H31ClFN3O3/c1-38-24-10-5-9-21(15-24)29(36)33-27(20-7-3-2-4-8-20)13-14-34-16-22-18-35(19-23(22)17-34)30(37)28-25(31)11-6-12-26(28)32/h2-12,15,22-23,27H,13-14,16-19H2,1H3,(H,33,36). The van der Waals surface area contributed by atoms with E-state index < -0.39 is 5.82 Å². The SMILES string of the molecule is COc1cccc(C(=O)NC(CCN2CC3CN(C(=O)c4c(F)cccc4Cl)CC3C2)c2ccccc2)c1. The number of hydrogen-bond acceptors (Lipinski definition) is 4. The van der Waals surface area contributed by atoms with Crippen molar-refractivity contribution in [3.8, 4) is 5.75 Å². The molecule has 0 aromatic heterocycles. The number of carbonyl (C=O) groups is 2. The molecule has 2 saturated heterocycles. The number of fused-ring (bicyclic) bond motifs is 1. The van der Waals surface area contributed by atoms with Crippen LogP contribution in [0.1, 0.15) is 38.7 Å². The molecule has 2 heterocycles. The summed E-state index contributed by atoms with van der Waals surface area (Å²) in [5.41, 5.74) is 1.57. The fourth-order valence-corrected chi connectivity index (χ4v) is 5.87. The van der Waals surface area contributed by atoms with E-state index in [-0.39, 0.29) is 28.4 Å². The highest BCUT2D eigenvalue weighted by Crippen LogP contribution is 2.34. The van der Waals surface area contributed by atoms with Crippen LogP contribution in [-0.4, -0.2) is 61.4 Å². The van der Waals surface area contributed by atoms with E-state index >= 15 is 0 Å². The summed E-state index contributed by atoms with van der Waals surface area (Å²) >= 11 is 6.13. The number of nitrogens with zero attached hydrogens (tertiary/aromatic N) is 2. The molecule has 0 saturated carbocycles. The van der Waals surface area contributed by atoms with Crippen molar-refractivity contribution in [1.82, 2.24) is 15.1 Å². The van der Waals surface area contributed by atoms with Gasteiger partial charge in [0.25, 0.3) is 11.8 Å². The van der Waals surface area contributed by atoms with E-state index in [1.807, 2.05) is 42.5 Å². The maximum atomic E-state index is 14.3. The Labute approximate surface area is 227 Å². The Kier molecular flexibility index (Phi) is 7.95. The second kappa shape index (κ2) is 11.5. The molecule has 6 nitrogen and oxygen atoms in total. The summed E-state index contributed by atoms with van der Waals surface area (Å²) in [6, 6.07) is 21.3. The summed E-state index contributed by atoms with van der Waals surface area (Å²) < 4.78 is 19.6. The first-order chi connectivity index (χ1) is 18.4. The van der Waals surface area contributed by atoms with Crippen LogP contribution in [0.25, 0.3) is 0 Å². The summed E-state index contributed by atoms with van der Waals surface area (Å²) in [5.74, 6) is 0.263. The minimum atomic E-state index is -0.580. The molecule has 38 heavy (non-hydrogen) atoms. The fourth-order valence-electron chi connectivity index (χ4n) is 5.62. The van der Waals surface area contributed by atoms with Crippen molar-refractivity contribution in [3.63, 3.8) is 0 Å². The molecule has 2 fully saturated rings. The molecule has 2 amide bonds. The highest BCUT2D eigenvalue weighted by atomic mass is 35.5. The molecule has 3 aromatic carbocycles. The Morgan fingerprint density at radius 2 is 1.71 bits per heavy atom. The first kappa shape index (κ1) is 26.2. The van der Waals surface area contributed by atoms with Gasteiger partial charge in [0, 0.05) is 38.3 Å². The number of ether oxygens (including phenoxy) is 1. The second-order valence-corrected chi connectivity index (χ2v) is 10.5. The molecule has 2 aliphatic heterocycles. The van der Waals surface area contributed by atoms with Gasteiger partial charge in [0.1, 0.15) is 11.6 Å². The third-order valence-electron chi connectivity index (χ3n) is 7.60. The predicted molar refractivity (Wildman–Crippen MR) is 145 cm³/mol. The quantitative estimate of drug-likeness (QED) is 0.438. The maximum absolute atomic E-state index is 14.3. The second-order valence-electron chi connectivity index (χ2n) is 10.0. The van der Waals surface area contributed by atoms with E-state index in [1.165, 1.54) is 12.1 Å². The molecular weight excluding hydrogens is 505 g/mol. The molecule has 1 N–H and O–H groups in total. The number of hydrogen-bond donors (Lipinski definition) is 1. The van der Waals surface area contributed by atoms with Gasteiger partial charge in [0.15, 0.2) is 0 Å². The van der Waals surface area contributed by atoms with Gasteiger partial charge in [-0.25, -0.2) is 4.39 Å². The van der Waals surface area contributed by atoms with Crippen LogP contribution in [0.3, 0.4) is 0 Å². The van der Waals surface area contributed by atoms with E-state index in [4.69, 9.17) is 16.3 Å². The van der Waals surface area contributed by atoms with Crippen molar-refractivity contribution < 1.29 is 18.7 Å². The van der Waals surface area contributed by atoms with Crippen molar-refractivity contribution in [2.24, 2.45) is 11.8 Å². The Balaban J connectivity index is 1.20. The highest BCUT2D eigenvalue weighted by molar-refractivity contribution is 6.33. The molecule has 0 radical (unpaired) electrons. The van der Waals surface area contributed by atoms with Crippen LogP contribution >= 0.6 is 11.6 Å². The number of benzene rings is 3. The van der Waals surface area contributed by atoms with Crippen LogP contribution in [0.5, 0.6) is 5.75 Å². The summed E-state index contributed by atoms with van der Waals surface area (Å²) in [6.45, 7) is 3.74. The molecule has 3 atom stereocenters. The summed E-state index contributed by atoms with van der Waals surface area (Å²) in [5, 5.41) is 3.35. The van der Waals surface area contributed by atoms with Gasteiger partial charge in [-0.15, -0.1) is 0 Å². The van der Waals surface area contributed by atoms with Gasteiger partial charge in [-0.3, -0.25) is 9.59 Å². The van der Waals surface area contributed by atoms with E-state index in [1.54, 1.807) is 30.2 Å². The number of nitrogens with one attached hydrogen (secondary N) is 1. The lowest BCUT2D eigenvalue weighted by molar-refractivity contribution is 0.0769. The number of likely N-dealkylation sites (tertiary alicyclic amines) is 2. The molecule has 3 unspecified atom stereocenters. The summed E-state index contributed by atoms with van der Waals surface area (Å²) in [7, 11) is 1.58. The van der Waals surface area contributed by atoms with Crippen LogP contribution in [0.2, 0.25) is 5.02 Å². The van der Waals surface area contributed by atoms with E-state index in [0.29, 0.717) is 36.2 Å². The average Bonchev–Trinajstić information content (AvgIpc) is 3.50. The number of methoxy groups -OCH3 is 1. The first-order valence-corrected chi connectivity index (χ1v) is 13.3. The predicted octanol–water partition coefficient (Wildman–Crippen LogP) is 5.05. The Hall–Kier alpha value is -3.42. The minimum absolute atomic E-state index is 0.0384. The van der Waals surface area contributed by atoms with Crippen molar-refractivity contribution in [3.05, 3.63) is 100 Å². The zero-order valence-electron chi connectivity index (χ0n) is 21.3. The van der Waals surface area contributed by atoms with Gasteiger partial charge in [-0.05, 0) is 54.2 Å². The molecule has 8 heteroatoms. The van der Waals surface area contributed by atoms with Crippen LogP contribution in [0, 0.1) is 17.7 Å². The van der Waals surface area contributed by atoms with Gasteiger partial charge >= 0.3 is 0 Å². The lowest BCUT2D eigenvalue weighted by atomic mass is 10.0. The molecular formula is C30H31ClFN3O3. The molecule has 3 aromatic rings. The van der Waals surface area contributed by atoms with Crippen molar-refractivity contribution >= 4 is 23.4 Å². The van der Waals surface area contributed by atoms with Gasteiger partial charge < -0.3 is 19.9 Å². The smallest absolute Gasteiger partial charge is 0.258 e. The average molecular weight is 536 g/mol. The largest absolute Gasteiger partial charge is 0.497 e. The van der Waals surface area contributed by atoms with Crippen molar-refractivity contribution in [2.45, 2.75) is 12.5 Å². The fraction of sp³-hybridized carbons (Fsp3) is 0.333. The first-order valence-electron chi connectivity index (χ1n) is 12.9. The molecule has 5 rings (SSSR count). The highest BCUT2D eigenvalue weighted by Gasteiger charge is 2.42. The number of rotatable bonds is 8. The zero-order valence-corrected chi connectivity index (χ0v) is 22.0. The number of amides is 2. The van der Waals surface area contributed by atoms with Crippen LogP contribution in [0.15, 0.2) is 72.8 Å².